The molecule has 8 nitrogen and oxygen atoms in total. The highest BCUT2D eigenvalue weighted by Crippen LogP contribution is 2.34. The first kappa shape index (κ1) is 18.7. The van der Waals surface area contributed by atoms with Crippen molar-refractivity contribution in [2.75, 3.05) is 20.8 Å². The lowest BCUT2D eigenvalue weighted by atomic mass is 9.93. The summed E-state index contributed by atoms with van der Waals surface area (Å²) in [4.78, 5) is 24.9. The molecule has 0 unspecified atom stereocenters. The van der Waals surface area contributed by atoms with Gasteiger partial charge in [-0.15, -0.1) is 0 Å². The summed E-state index contributed by atoms with van der Waals surface area (Å²) in [5.41, 5.74) is 3.22. The van der Waals surface area contributed by atoms with E-state index in [0.29, 0.717) is 24.8 Å². The van der Waals surface area contributed by atoms with Crippen LogP contribution in [0.5, 0.6) is 17.5 Å². The summed E-state index contributed by atoms with van der Waals surface area (Å²) in [6.07, 6.45) is 5.20. The maximum absolute atomic E-state index is 12.5. The first-order valence-electron chi connectivity index (χ1n) is 9.10. The molecule has 0 radical (unpaired) electrons. The number of carbonyl (C=O) groups is 1. The zero-order chi connectivity index (χ0) is 20.2. The Kier molecular flexibility index (Phi) is 5.24. The molecule has 29 heavy (non-hydrogen) atoms. The highest BCUT2D eigenvalue weighted by atomic mass is 16.5. The smallest absolute Gasteiger partial charge is 0.271 e. The number of carbonyl (C=O) groups excluding carboxylic acids is 1. The fourth-order valence-electron chi connectivity index (χ4n) is 3.23. The minimum atomic E-state index is -0.305. The molecule has 1 N–H and O–H groups in total. The Morgan fingerprint density at radius 3 is 2.55 bits per heavy atom. The van der Waals surface area contributed by atoms with Crippen molar-refractivity contribution in [2.45, 2.75) is 12.5 Å². The van der Waals surface area contributed by atoms with Crippen molar-refractivity contribution < 1.29 is 19.0 Å². The third-order valence-electron chi connectivity index (χ3n) is 4.69. The fraction of sp³-hybridized carbons (Fsp3) is 0.238. The summed E-state index contributed by atoms with van der Waals surface area (Å²) in [7, 11) is 3.08. The van der Waals surface area contributed by atoms with Crippen LogP contribution in [0.1, 0.15) is 16.1 Å². The van der Waals surface area contributed by atoms with Gasteiger partial charge in [-0.05, 0) is 17.7 Å². The average Bonchev–Trinajstić information content (AvgIpc) is 2.78. The summed E-state index contributed by atoms with van der Waals surface area (Å²) in [6, 6.07) is 9.49. The predicted octanol–water partition coefficient (Wildman–Crippen LogP) is 2.29. The largest absolute Gasteiger partial charge is 0.491 e. The molecule has 0 saturated carbocycles. The van der Waals surface area contributed by atoms with Gasteiger partial charge in [0.15, 0.2) is 0 Å². The number of aromatic nitrogens is 3. The van der Waals surface area contributed by atoms with Crippen LogP contribution < -0.4 is 19.5 Å². The van der Waals surface area contributed by atoms with Crippen LogP contribution in [0.2, 0.25) is 0 Å². The molecule has 1 atom stereocenters. The Morgan fingerprint density at radius 1 is 1.03 bits per heavy atom. The number of fused-ring (bicyclic) bond motifs is 1. The number of rotatable bonds is 5. The molecule has 148 valence electrons. The van der Waals surface area contributed by atoms with Crippen molar-refractivity contribution in [1.29, 1.82) is 0 Å². The Labute approximate surface area is 167 Å². The highest BCUT2D eigenvalue weighted by Gasteiger charge is 2.25. The van der Waals surface area contributed by atoms with E-state index in [0.717, 1.165) is 22.4 Å². The lowest BCUT2D eigenvalue weighted by Crippen LogP contribution is -2.43. The molecule has 4 rings (SSSR count). The summed E-state index contributed by atoms with van der Waals surface area (Å²) in [5, 5.41) is 2.97. The zero-order valence-corrected chi connectivity index (χ0v) is 16.1. The van der Waals surface area contributed by atoms with Gasteiger partial charge in [-0.1, -0.05) is 12.1 Å². The molecule has 2 aromatic heterocycles. The molecule has 0 aliphatic carbocycles. The predicted molar refractivity (Wildman–Crippen MR) is 105 cm³/mol. The number of benzene rings is 1. The summed E-state index contributed by atoms with van der Waals surface area (Å²) in [5.74, 6) is 1.42. The molecule has 1 aromatic carbocycles. The van der Waals surface area contributed by atoms with Gasteiger partial charge in [0.2, 0.25) is 11.8 Å². The van der Waals surface area contributed by atoms with Gasteiger partial charge in [0.25, 0.3) is 5.91 Å². The minimum Gasteiger partial charge on any atom is -0.491 e. The molecule has 8 heteroatoms. The van der Waals surface area contributed by atoms with Gasteiger partial charge in [-0.3, -0.25) is 4.79 Å². The molecule has 0 bridgehead atoms. The average molecular weight is 392 g/mol. The maximum atomic E-state index is 12.5. The van der Waals surface area contributed by atoms with Crippen LogP contribution in [0.4, 0.5) is 0 Å². The Balaban J connectivity index is 1.53. The van der Waals surface area contributed by atoms with Crippen LogP contribution in [0.15, 0.2) is 48.9 Å². The number of nitrogens with zero attached hydrogens (tertiary/aromatic N) is 3. The second-order valence-electron chi connectivity index (χ2n) is 6.50. The lowest BCUT2D eigenvalue weighted by Gasteiger charge is -2.27. The van der Waals surface area contributed by atoms with E-state index in [-0.39, 0.29) is 17.6 Å². The normalized spacial score (nSPS) is 15.0. The van der Waals surface area contributed by atoms with Crippen LogP contribution in [0.3, 0.4) is 0 Å². The lowest BCUT2D eigenvalue weighted by molar-refractivity contribution is 0.0910. The van der Waals surface area contributed by atoms with Gasteiger partial charge < -0.3 is 19.5 Å². The Bertz CT molecular complexity index is 1010. The van der Waals surface area contributed by atoms with E-state index in [1.165, 1.54) is 19.5 Å². The summed E-state index contributed by atoms with van der Waals surface area (Å²) in [6.45, 7) is 0.382. The number of nitrogens with one attached hydrogen (secondary N) is 1. The number of ether oxygens (including phenoxy) is 3. The number of pyridine rings is 1. The Morgan fingerprint density at radius 2 is 1.86 bits per heavy atom. The third-order valence-corrected chi connectivity index (χ3v) is 4.69. The van der Waals surface area contributed by atoms with E-state index < -0.39 is 0 Å². The monoisotopic (exact) mass is 392 g/mol. The summed E-state index contributed by atoms with van der Waals surface area (Å²) >= 11 is 0. The van der Waals surface area contributed by atoms with E-state index in [2.05, 4.69) is 20.3 Å². The first-order valence-corrected chi connectivity index (χ1v) is 9.10. The topological polar surface area (TPSA) is 95.5 Å². The van der Waals surface area contributed by atoms with Crippen molar-refractivity contribution in [3.8, 4) is 28.6 Å². The minimum absolute atomic E-state index is 0.189. The maximum Gasteiger partial charge on any atom is 0.271 e. The first-order chi connectivity index (χ1) is 14.2. The standard InChI is InChI=1S/C21H20N4O4/c1-27-19-7-6-13(9-23-19)15-4-3-5-18-16(15)8-14(12-29-18)25-21(26)17-10-24-20(28-2)11-22-17/h3-7,9-11,14H,8,12H2,1-2H3,(H,25,26)/t14-/m0/s1. The highest BCUT2D eigenvalue weighted by molar-refractivity contribution is 5.92. The van der Waals surface area contributed by atoms with Crippen molar-refractivity contribution >= 4 is 5.91 Å². The van der Waals surface area contributed by atoms with Crippen LogP contribution >= 0.6 is 0 Å². The van der Waals surface area contributed by atoms with Gasteiger partial charge in [-0.2, -0.15) is 0 Å². The summed E-state index contributed by atoms with van der Waals surface area (Å²) < 4.78 is 16.0. The van der Waals surface area contributed by atoms with E-state index in [1.54, 1.807) is 13.3 Å². The van der Waals surface area contributed by atoms with Crippen molar-refractivity contribution in [1.82, 2.24) is 20.3 Å². The SMILES string of the molecule is COc1ccc(-c2cccc3c2C[C@H](NC(=O)c2cnc(OC)cn2)CO3)cn1. The van der Waals surface area contributed by atoms with Crippen LogP contribution in [-0.2, 0) is 6.42 Å². The van der Waals surface area contributed by atoms with Crippen LogP contribution in [-0.4, -0.2) is 47.7 Å². The van der Waals surface area contributed by atoms with E-state index in [4.69, 9.17) is 14.2 Å². The van der Waals surface area contributed by atoms with Crippen molar-refractivity contribution in [3.05, 3.63) is 60.2 Å². The number of amides is 1. The number of hydrogen-bond acceptors (Lipinski definition) is 7. The fourth-order valence-corrected chi connectivity index (χ4v) is 3.23. The van der Waals surface area contributed by atoms with Gasteiger partial charge in [0, 0.05) is 29.8 Å². The molecule has 0 saturated heterocycles. The molecule has 3 aromatic rings. The zero-order valence-electron chi connectivity index (χ0n) is 16.1. The van der Waals surface area contributed by atoms with Gasteiger partial charge in [-0.25, -0.2) is 15.0 Å². The van der Waals surface area contributed by atoms with Crippen LogP contribution in [0, 0.1) is 0 Å². The number of hydrogen-bond donors (Lipinski definition) is 1. The van der Waals surface area contributed by atoms with Gasteiger partial charge in [0.1, 0.15) is 18.1 Å². The quantitative estimate of drug-likeness (QED) is 0.712. The van der Waals surface area contributed by atoms with E-state index >= 15 is 0 Å². The van der Waals surface area contributed by atoms with Crippen molar-refractivity contribution in [3.63, 3.8) is 0 Å². The molecule has 3 heterocycles. The van der Waals surface area contributed by atoms with Gasteiger partial charge >= 0.3 is 0 Å². The number of methoxy groups -OCH3 is 2. The molecule has 0 fully saturated rings. The van der Waals surface area contributed by atoms with Crippen molar-refractivity contribution in [2.24, 2.45) is 0 Å². The molecule has 1 aliphatic rings. The molecule has 1 amide bonds. The van der Waals surface area contributed by atoms with Crippen LogP contribution in [0.25, 0.3) is 11.1 Å². The second-order valence-corrected chi connectivity index (χ2v) is 6.50. The van der Waals surface area contributed by atoms with E-state index in [9.17, 15) is 4.79 Å². The van der Waals surface area contributed by atoms with Gasteiger partial charge in [0.05, 0.1) is 32.7 Å². The third kappa shape index (κ3) is 3.96. The molecular formula is C21H20N4O4. The molecular weight excluding hydrogens is 372 g/mol. The molecule has 0 spiro atoms. The second kappa shape index (κ2) is 8.14. The van der Waals surface area contributed by atoms with E-state index in [1.807, 2.05) is 30.3 Å². The molecule has 1 aliphatic heterocycles. The Hall–Kier alpha value is -3.68.